The Morgan fingerprint density at radius 1 is 1.30 bits per heavy atom. The smallest absolute Gasteiger partial charge is 0.237 e. The molecular weight excluding hydrogens is 344 g/mol. The van der Waals surface area contributed by atoms with Gasteiger partial charge < -0.3 is 24.8 Å². The van der Waals surface area contributed by atoms with Crippen molar-refractivity contribution in [1.29, 1.82) is 0 Å². The Morgan fingerprint density at radius 3 is 2.78 bits per heavy atom. The van der Waals surface area contributed by atoms with E-state index in [1.165, 1.54) is 12.0 Å². The normalized spacial score (nSPS) is 21.6. The van der Waals surface area contributed by atoms with Crippen molar-refractivity contribution in [1.82, 2.24) is 10.2 Å². The molecule has 0 radical (unpaired) electrons. The van der Waals surface area contributed by atoms with Gasteiger partial charge in [-0.05, 0) is 42.5 Å². The molecule has 0 aromatic heterocycles. The Kier molecular flexibility index (Phi) is 6.73. The van der Waals surface area contributed by atoms with Crippen LogP contribution in [0.4, 0.5) is 0 Å². The Balaban J connectivity index is 1.64. The number of rotatable bonds is 7. The molecule has 1 heterocycles. The molecule has 0 bridgehead atoms. The van der Waals surface area contributed by atoms with Crippen molar-refractivity contribution in [2.75, 3.05) is 40.5 Å². The highest BCUT2D eigenvalue weighted by Gasteiger charge is 2.32. The first-order valence-corrected chi connectivity index (χ1v) is 9.94. The highest BCUT2D eigenvalue weighted by atomic mass is 16.5. The average molecular weight is 376 g/mol. The molecule has 6 nitrogen and oxygen atoms in total. The van der Waals surface area contributed by atoms with Crippen LogP contribution in [0.25, 0.3) is 0 Å². The van der Waals surface area contributed by atoms with E-state index in [0.717, 1.165) is 43.4 Å². The number of ether oxygens (including phenoxy) is 2. The van der Waals surface area contributed by atoms with E-state index < -0.39 is 5.60 Å². The van der Waals surface area contributed by atoms with Gasteiger partial charge in [0, 0.05) is 20.2 Å². The van der Waals surface area contributed by atoms with Crippen LogP contribution in [-0.2, 0) is 16.0 Å². The van der Waals surface area contributed by atoms with Gasteiger partial charge in [0.15, 0.2) is 0 Å². The summed E-state index contributed by atoms with van der Waals surface area (Å²) in [5.41, 5.74) is 1.68. The van der Waals surface area contributed by atoms with Crippen molar-refractivity contribution in [3.63, 3.8) is 0 Å². The lowest BCUT2D eigenvalue weighted by Gasteiger charge is -2.38. The first-order valence-electron chi connectivity index (χ1n) is 9.94. The summed E-state index contributed by atoms with van der Waals surface area (Å²) < 4.78 is 10.8. The van der Waals surface area contributed by atoms with Gasteiger partial charge in [-0.15, -0.1) is 0 Å². The van der Waals surface area contributed by atoms with Gasteiger partial charge in [0.05, 0.1) is 31.9 Å². The molecule has 1 saturated carbocycles. The average Bonchev–Trinajstić information content (AvgIpc) is 2.68. The topological polar surface area (TPSA) is 71.0 Å². The second-order valence-corrected chi connectivity index (χ2v) is 7.76. The minimum absolute atomic E-state index is 0.0462. The highest BCUT2D eigenvalue weighted by molar-refractivity contribution is 5.79. The van der Waals surface area contributed by atoms with Gasteiger partial charge in [-0.2, -0.15) is 0 Å². The number of aliphatic hydroxyl groups is 1. The molecule has 1 aliphatic heterocycles. The van der Waals surface area contributed by atoms with E-state index in [1.54, 1.807) is 14.2 Å². The van der Waals surface area contributed by atoms with Crippen LogP contribution in [0, 0.1) is 0 Å². The molecule has 1 aliphatic carbocycles. The maximum absolute atomic E-state index is 12.9. The Hall–Kier alpha value is -1.63. The summed E-state index contributed by atoms with van der Waals surface area (Å²) in [6.45, 7) is 1.85. The Labute approximate surface area is 161 Å². The molecule has 2 aliphatic rings. The first-order chi connectivity index (χ1) is 13.1. The molecular formula is C21H32N2O4. The lowest BCUT2D eigenvalue weighted by molar-refractivity contribution is -0.134. The third-order valence-electron chi connectivity index (χ3n) is 5.87. The summed E-state index contributed by atoms with van der Waals surface area (Å²) in [7, 11) is 3.31. The van der Waals surface area contributed by atoms with Crippen molar-refractivity contribution in [3.8, 4) is 5.75 Å². The van der Waals surface area contributed by atoms with Gasteiger partial charge >= 0.3 is 0 Å². The fraction of sp³-hybridized carbons (Fsp3) is 0.667. The highest BCUT2D eigenvalue weighted by Crippen LogP contribution is 2.33. The lowest BCUT2D eigenvalue weighted by atomic mass is 9.85. The zero-order chi connectivity index (χ0) is 19.3. The summed E-state index contributed by atoms with van der Waals surface area (Å²) in [6.07, 6.45) is 5.78. The van der Waals surface area contributed by atoms with E-state index in [1.807, 2.05) is 17.0 Å². The summed E-state index contributed by atoms with van der Waals surface area (Å²) in [5.74, 6) is 0.840. The summed E-state index contributed by atoms with van der Waals surface area (Å²) in [5, 5.41) is 13.8. The van der Waals surface area contributed by atoms with Crippen LogP contribution in [-0.4, -0.2) is 62.0 Å². The largest absolute Gasteiger partial charge is 0.497 e. The minimum Gasteiger partial charge on any atom is -0.497 e. The predicted octanol–water partition coefficient (Wildman–Crippen LogP) is 2.05. The maximum Gasteiger partial charge on any atom is 0.237 e. The standard InChI is InChI=1S/C21H32N2O4/c1-26-14-19-18-12-17(27-2)7-6-16(18)8-11-23(19)20(24)13-22-15-21(25)9-4-3-5-10-21/h6-7,12,19,22,25H,3-5,8-11,13-15H2,1-2H3. The van der Waals surface area contributed by atoms with Gasteiger partial charge in [0.2, 0.25) is 5.91 Å². The molecule has 150 valence electrons. The summed E-state index contributed by atoms with van der Waals surface area (Å²) in [6, 6.07) is 5.94. The van der Waals surface area contributed by atoms with E-state index in [2.05, 4.69) is 11.4 Å². The molecule has 1 aromatic rings. The van der Waals surface area contributed by atoms with Gasteiger partial charge in [-0.1, -0.05) is 25.3 Å². The number of carbonyl (C=O) groups is 1. The minimum atomic E-state index is -0.660. The number of hydrogen-bond donors (Lipinski definition) is 2. The van der Waals surface area contributed by atoms with Crippen LogP contribution in [0.5, 0.6) is 5.75 Å². The molecule has 2 N–H and O–H groups in total. The van der Waals surface area contributed by atoms with Crippen LogP contribution < -0.4 is 10.1 Å². The lowest BCUT2D eigenvalue weighted by Crippen LogP contribution is -2.48. The molecule has 1 unspecified atom stereocenters. The number of fused-ring (bicyclic) bond motifs is 1. The van der Waals surface area contributed by atoms with Crippen molar-refractivity contribution in [2.45, 2.75) is 50.2 Å². The monoisotopic (exact) mass is 376 g/mol. The van der Waals surface area contributed by atoms with Gasteiger partial charge in [-0.3, -0.25) is 4.79 Å². The van der Waals surface area contributed by atoms with Gasteiger partial charge in [0.1, 0.15) is 5.75 Å². The van der Waals surface area contributed by atoms with Crippen LogP contribution in [0.2, 0.25) is 0 Å². The van der Waals surface area contributed by atoms with Gasteiger partial charge in [0.25, 0.3) is 0 Å². The fourth-order valence-electron chi connectivity index (χ4n) is 4.33. The molecule has 1 amide bonds. The number of amides is 1. The van der Waals surface area contributed by atoms with Gasteiger partial charge in [-0.25, -0.2) is 0 Å². The zero-order valence-electron chi connectivity index (χ0n) is 16.5. The second-order valence-electron chi connectivity index (χ2n) is 7.76. The van der Waals surface area contributed by atoms with Crippen LogP contribution >= 0.6 is 0 Å². The third-order valence-corrected chi connectivity index (χ3v) is 5.87. The number of methoxy groups -OCH3 is 2. The number of benzene rings is 1. The van der Waals surface area contributed by atoms with E-state index >= 15 is 0 Å². The molecule has 1 atom stereocenters. The molecule has 3 rings (SSSR count). The first kappa shape index (κ1) is 20.1. The summed E-state index contributed by atoms with van der Waals surface area (Å²) >= 11 is 0. The Bertz CT molecular complexity index is 643. The predicted molar refractivity (Wildman–Crippen MR) is 104 cm³/mol. The van der Waals surface area contributed by atoms with Crippen molar-refractivity contribution in [3.05, 3.63) is 29.3 Å². The third kappa shape index (κ3) is 4.81. The van der Waals surface area contributed by atoms with Crippen LogP contribution in [0.3, 0.4) is 0 Å². The van der Waals surface area contributed by atoms with Crippen LogP contribution in [0.15, 0.2) is 18.2 Å². The van der Waals surface area contributed by atoms with Crippen molar-refractivity contribution < 1.29 is 19.4 Å². The SMILES string of the molecule is COCC1c2cc(OC)ccc2CCN1C(=O)CNCC1(O)CCCCC1. The number of nitrogens with zero attached hydrogens (tertiary/aromatic N) is 1. The molecule has 0 saturated heterocycles. The quantitative estimate of drug-likeness (QED) is 0.762. The van der Waals surface area contributed by atoms with E-state index in [9.17, 15) is 9.90 Å². The zero-order valence-corrected chi connectivity index (χ0v) is 16.5. The molecule has 6 heteroatoms. The molecule has 1 fully saturated rings. The fourth-order valence-corrected chi connectivity index (χ4v) is 4.33. The van der Waals surface area contributed by atoms with E-state index in [0.29, 0.717) is 19.7 Å². The molecule has 27 heavy (non-hydrogen) atoms. The van der Waals surface area contributed by atoms with E-state index in [-0.39, 0.29) is 18.5 Å². The molecule has 0 spiro atoms. The Morgan fingerprint density at radius 2 is 2.07 bits per heavy atom. The number of carbonyl (C=O) groups excluding carboxylic acids is 1. The van der Waals surface area contributed by atoms with E-state index in [4.69, 9.17) is 9.47 Å². The number of nitrogens with one attached hydrogen (secondary N) is 1. The number of hydrogen-bond acceptors (Lipinski definition) is 5. The molecule has 1 aromatic carbocycles. The summed E-state index contributed by atoms with van der Waals surface area (Å²) in [4.78, 5) is 14.8. The van der Waals surface area contributed by atoms with Crippen LogP contribution in [0.1, 0.15) is 49.3 Å². The maximum atomic E-state index is 12.9. The second kappa shape index (κ2) is 9.04. The van der Waals surface area contributed by atoms with Crippen molar-refractivity contribution >= 4 is 5.91 Å². The van der Waals surface area contributed by atoms with Crippen molar-refractivity contribution in [2.24, 2.45) is 0 Å².